The first-order valence-corrected chi connectivity index (χ1v) is 15.4. The number of rotatable bonds is 14. The van der Waals surface area contributed by atoms with Gasteiger partial charge in [0.2, 0.25) is 5.91 Å². The van der Waals surface area contributed by atoms with E-state index in [2.05, 4.69) is 30.9 Å². The average molecular weight is 677 g/mol. The van der Waals surface area contributed by atoms with Crippen molar-refractivity contribution in [3.63, 3.8) is 0 Å². The minimum Gasteiger partial charge on any atom is -0.479 e. The Kier molecular flexibility index (Phi) is 11.5. The van der Waals surface area contributed by atoms with E-state index in [9.17, 15) is 29.4 Å². The molecule has 1 aliphatic rings. The summed E-state index contributed by atoms with van der Waals surface area (Å²) in [6.45, 7) is 0.282. The number of fused-ring (bicyclic) bond motifs is 1. The molecule has 17 heteroatoms. The lowest BCUT2D eigenvalue weighted by molar-refractivity contribution is -0.152. The van der Waals surface area contributed by atoms with E-state index in [1.54, 1.807) is 24.3 Å². The van der Waals surface area contributed by atoms with Crippen LogP contribution >= 0.6 is 0 Å². The van der Waals surface area contributed by atoms with Gasteiger partial charge in [0.05, 0.1) is 12.4 Å². The molecule has 17 nitrogen and oxygen atoms in total. The van der Waals surface area contributed by atoms with Crippen molar-refractivity contribution < 1.29 is 43.6 Å². The molecule has 5 atom stereocenters. The number of aromatic nitrogens is 4. The fraction of sp³-hybridized carbons (Fsp3) is 0.344. The Balaban J connectivity index is 1.21. The molecule has 49 heavy (non-hydrogen) atoms. The molecular weight excluding hydrogens is 640 g/mol. The topological polar surface area (TPSA) is 242 Å². The van der Waals surface area contributed by atoms with Crippen molar-refractivity contribution in [2.24, 2.45) is 0 Å². The van der Waals surface area contributed by atoms with Crippen LogP contribution in [-0.4, -0.2) is 84.6 Å². The first-order chi connectivity index (χ1) is 23.7. The number of carbonyl (C=O) groups is 4. The quantitative estimate of drug-likeness (QED) is 0.104. The average Bonchev–Trinajstić information content (AvgIpc) is 3.68. The van der Waals surface area contributed by atoms with E-state index in [-0.39, 0.29) is 43.2 Å². The minimum absolute atomic E-state index is 0.0547. The van der Waals surface area contributed by atoms with Crippen molar-refractivity contribution in [1.29, 1.82) is 0 Å². The second-order valence-electron chi connectivity index (χ2n) is 11.1. The van der Waals surface area contributed by atoms with Crippen molar-refractivity contribution >= 4 is 41.0 Å². The number of nitrogens with one attached hydrogen (secondary N) is 3. The Labute approximate surface area is 279 Å². The summed E-state index contributed by atoms with van der Waals surface area (Å²) in [6, 6.07) is 15.5. The van der Waals surface area contributed by atoms with Crippen LogP contribution in [0.1, 0.15) is 36.6 Å². The third kappa shape index (κ3) is 8.96. The van der Waals surface area contributed by atoms with Gasteiger partial charge in [-0.1, -0.05) is 60.7 Å². The lowest BCUT2D eigenvalue weighted by Gasteiger charge is -2.24. The molecule has 1 fully saturated rings. The number of nitrogen functional groups attached to an aromatic ring is 1. The Bertz CT molecular complexity index is 1740. The lowest BCUT2D eigenvalue weighted by atomic mass is 10.0. The van der Waals surface area contributed by atoms with Gasteiger partial charge in [-0.25, -0.2) is 29.3 Å². The highest BCUT2D eigenvalue weighted by atomic mass is 16.6. The van der Waals surface area contributed by atoms with Crippen molar-refractivity contribution in [1.82, 2.24) is 35.5 Å². The van der Waals surface area contributed by atoms with Crippen molar-refractivity contribution in [2.45, 2.75) is 63.0 Å². The number of imidazole rings is 1. The molecule has 0 aliphatic carbocycles. The number of alkyl carbamates (subject to hydrolysis) is 2. The van der Waals surface area contributed by atoms with Crippen LogP contribution < -0.4 is 21.7 Å². The molecule has 1 saturated heterocycles. The molecule has 5 rings (SSSR count). The van der Waals surface area contributed by atoms with Crippen LogP contribution in [0.3, 0.4) is 0 Å². The van der Waals surface area contributed by atoms with Crippen LogP contribution in [0.25, 0.3) is 11.2 Å². The third-order valence-corrected chi connectivity index (χ3v) is 7.71. The molecular formula is C32H36N8O9. The molecule has 0 bridgehead atoms. The molecule has 3 heterocycles. The summed E-state index contributed by atoms with van der Waals surface area (Å²) in [7, 11) is 0. The summed E-state index contributed by atoms with van der Waals surface area (Å²) < 4.78 is 17.5. The molecule has 7 N–H and O–H groups in total. The minimum atomic E-state index is -1.67. The highest BCUT2D eigenvalue weighted by Gasteiger charge is 2.50. The van der Waals surface area contributed by atoms with Gasteiger partial charge in [-0.05, 0) is 30.4 Å². The number of carbonyl (C=O) groups excluding carboxylic acids is 3. The normalized spacial score (nSPS) is 19.1. The summed E-state index contributed by atoms with van der Waals surface area (Å²) in [5, 5.41) is 28.8. The van der Waals surface area contributed by atoms with Gasteiger partial charge in [0.1, 0.15) is 37.2 Å². The standard InChI is InChI=1S/C32H36N8O9/c33-26-23-27(36-17-35-26)40(18-37-23)29-24(41)22(25(49-29)30(43)44)39-28(42)21(38-32(46)48-16-20-11-5-2-6-12-20)13-7-8-14-34-31(45)47-15-19-9-3-1-4-10-19/h1-6,9-12,17-18,21-22,24-25,29,41H,7-8,13-16H2,(H,34,45)(H,38,46)(H,39,42)(H,43,44)(H2,33,35,36)/t21-,22-,24+,25-,29+/m0/s1. The van der Waals surface area contributed by atoms with Crippen molar-refractivity contribution in [3.05, 3.63) is 84.4 Å². The predicted molar refractivity (Wildman–Crippen MR) is 171 cm³/mol. The number of anilines is 1. The third-order valence-electron chi connectivity index (χ3n) is 7.71. The SMILES string of the molecule is Nc1ncnc2c1ncn2[C@@H]1O[C@H](C(=O)O)[C@@H](NC(=O)[C@H](CCCCNC(=O)OCc2ccccc2)NC(=O)OCc2ccccc2)[C@H]1O. The number of benzene rings is 2. The highest BCUT2D eigenvalue weighted by Crippen LogP contribution is 2.32. The van der Waals surface area contributed by atoms with E-state index in [0.29, 0.717) is 12.8 Å². The second kappa shape index (κ2) is 16.3. The number of aliphatic carboxylic acids is 1. The largest absolute Gasteiger partial charge is 0.479 e. The summed E-state index contributed by atoms with van der Waals surface area (Å²) in [5.74, 6) is -2.15. The van der Waals surface area contributed by atoms with Gasteiger partial charge in [0, 0.05) is 6.54 Å². The lowest BCUT2D eigenvalue weighted by Crippen LogP contribution is -2.55. The number of aliphatic hydroxyl groups excluding tert-OH is 1. The fourth-order valence-corrected chi connectivity index (χ4v) is 5.21. The monoisotopic (exact) mass is 676 g/mol. The van der Waals surface area contributed by atoms with Crippen LogP contribution in [0.5, 0.6) is 0 Å². The predicted octanol–water partition coefficient (Wildman–Crippen LogP) is 1.63. The highest BCUT2D eigenvalue weighted by molar-refractivity contribution is 5.87. The number of unbranched alkanes of at least 4 members (excludes halogenated alkanes) is 1. The number of ether oxygens (including phenoxy) is 3. The van der Waals surface area contributed by atoms with Crippen LogP contribution in [0, 0.1) is 0 Å². The van der Waals surface area contributed by atoms with Gasteiger partial charge < -0.3 is 46.1 Å². The molecule has 0 saturated carbocycles. The Morgan fingerprint density at radius 2 is 1.57 bits per heavy atom. The van der Waals surface area contributed by atoms with E-state index in [4.69, 9.17) is 19.9 Å². The maximum absolute atomic E-state index is 13.6. The number of amides is 3. The number of carboxylic acid groups (broad SMARTS) is 1. The summed E-state index contributed by atoms with van der Waals surface area (Å²) in [6.07, 6.45) is -2.73. The van der Waals surface area contributed by atoms with Gasteiger partial charge in [0.15, 0.2) is 23.8 Å². The van der Waals surface area contributed by atoms with Crippen LogP contribution in [0.15, 0.2) is 73.3 Å². The summed E-state index contributed by atoms with van der Waals surface area (Å²) in [4.78, 5) is 62.7. The number of hydrogen-bond donors (Lipinski definition) is 6. The Morgan fingerprint density at radius 3 is 2.22 bits per heavy atom. The first-order valence-electron chi connectivity index (χ1n) is 15.4. The van der Waals surface area contributed by atoms with E-state index in [0.717, 1.165) is 11.1 Å². The molecule has 2 aromatic heterocycles. The molecule has 0 unspecified atom stereocenters. The number of carboxylic acids is 1. The van der Waals surface area contributed by atoms with Gasteiger partial charge in [-0.15, -0.1) is 0 Å². The number of nitrogens with zero attached hydrogens (tertiary/aromatic N) is 4. The van der Waals surface area contributed by atoms with Gasteiger partial charge >= 0.3 is 18.2 Å². The van der Waals surface area contributed by atoms with Crippen LogP contribution in [0.2, 0.25) is 0 Å². The van der Waals surface area contributed by atoms with Crippen LogP contribution in [0.4, 0.5) is 15.4 Å². The second-order valence-corrected chi connectivity index (χ2v) is 11.1. The number of hydrogen-bond acceptors (Lipinski definition) is 12. The Hall–Kier alpha value is -5.81. The molecule has 1 aliphatic heterocycles. The maximum atomic E-state index is 13.6. The van der Waals surface area contributed by atoms with Gasteiger partial charge in [0.25, 0.3) is 0 Å². The summed E-state index contributed by atoms with van der Waals surface area (Å²) in [5.41, 5.74) is 7.82. The zero-order valence-electron chi connectivity index (χ0n) is 26.2. The van der Waals surface area contributed by atoms with Gasteiger partial charge in [-0.3, -0.25) is 9.36 Å². The zero-order valence-corrected chi connectivity index (χ0v) is 26.2. The van der Waals surface area contributed by atoms with Gasteiger partial charge in [-0.2, -0.15) is 0 Å². The molecule has 3 amide bonds. The van der Waals surface area contributed by atoms with E-state index >= 15 is 0 Å². The molecule has 2 aromatic carbocycles. The fourth-order valence-electron chi connectivity index (χ4n) is 5.21. The molecule has 0 spiro atoms. The van der Waals surface area contributed by atoms with E-state index < -0.39 is 54.6 Å². The van der Waals surface area contributed by atoms with Crippen molar-refractivity contribution in [3.8, 4) is 0 Å². The van der Waals surface area contributed by atoms with Crippen LogP contribution in [-0.2, 0) is 37.0 Å². The number of aliphatic hydroxyl groups is 1. The molecule has 258 valence electrons. The van der Waals surface area contributed by atoms with E-state index in [1.807, 2.05) is 36.4 Å². The number of nitrogens with two attached hydrogens (primary N) is 1. The zero-order chi connectivity index (χ0) is 34.8. The smallest absolute Gasteiger partial charge is 0.408 e. The summed E-state index contributed by atoms with van der Waals surface area (Å²) >= 11 is 0. The maximum Gasteiger partial charge on any atom is 0.408 e. The Morgan fingerprint density at radius 1 is 0.918 bits per heavy atom. The first kappa shape index (κ1) is 34.5. The van der Waals surface area contributed by atoms with Crippen molar-refractivity contribution in [2.75, 3.05) is 12.3 Å². The molecule has 4 aromatic rings. The molecule has 0 radical (unpaired) electrons. The van der Waals surface area contributed by atoms with E-state index in [1.165, 1.54) is 17.2 Å².